The number of esters is 1. The molecular formula is C29H33O16P. The van der Waals surface area contributed by atoms with Gasteiger partial charge in [-0.2, -0.15) is 0 Å². The zero-order valence-electron chi connectivity index (χ0n) is 31.1. The van der Waals surface area contributed by atoms with Gasteiger partial charge in [-0.05, 0) is 47.9 Å². The van der Waals surface area contributed by atoms with Crippen LogP contribution in [-0.2, 0) is 33.0 Å². The van der Waals surface area contributed by atoms with Crippen LogP contribution in [0.25, 0.3) is 0 Å². The van der Waals surface area contributed by atoms with E-state index in [-0.39, 0.29) is 39.7 Å². The molecule has 46 heavy (non-hydrogen) atoms. The van der Waals surface area contributed by atoms with Gasteiger partial charge in [-0.3, -0.25) is 14.6 Å². The Morgan fingerprint density at radius 1 is 0.957 bits per heavy atom. The van der Waals surface area contributed by atoms with Gasteiger partial charge in [0.25, 0.3) is 0 Å². The molecule has 10 atom stereocenters. The van der Waals surface area contributed by atoms with Crippen LogP contribution >= 0.6 is 7.82 Å². The second-order valence-corrected chi connectivity index (χ2v) is 12.0. The number of cyclic esters (lactones) is 1. The molecule has 0 aromatic heterocycles. The fourth-order valence-electron chi connectivity index (χ4n) is 6.10. The smallest absolute Gasteiger partial charge is 0.493 e. The van der Waals surface area contributed by atoms with Gasteiger partial charge in [0.15, 0.2) is 35.6 Å². The summed E-state index contributed by atoms with van der Waals surface area (Å²) in [7, 11) is -2.98. The zero-order valence-corrected chi connectivity index (χ0v) is 25.0. The summed E-state index contributed by atoms with van der Waals surface area (Å²) in [6.45, 7) is -6.85. The average Bonchev–Trinajstić information content (AvgIpc) is 3.48. The molecule has 16 nitrogen and oxygen atoms in total. The molecule has 0 unspecified atom stereocenters. The Morgan fingerprint density at radius 2 is 1.63 bits per heavy atom. The summed E-state index contributed by atoms with van der Waals surface area (Å²) < 4.78 is 126. The van der Waals surface area contributed by atoms with E-state index in [1.807, 2.05) is 0 Å². The Morgan fingerprint density at radius 3 is 2.28 bits per heavy atom. The van der Waals surface area contributed by atoms with Crippen molar-refractivity contribution in [2.24, 2.45) is 11.8 Å². The number of hydrogen-bond acceptors (Lipinski definition) is 14. The number of methoxy groups -OCH3 is 2. The molecule has 0 spiro atoms. The lowest BCUT2D eigenvalue weighted by Gasteiger charge is -2.47. The van der Waals surface area contributed by atoms with Gasteiger partial charge in [0.05, 0.1) is 44.8 Å². The summed E-state index contributed by atoms with van der Waals surface area (Å²) in [6, 6.07) is 4.52. The van der Waals surface area contributed by atoms with Gasteiger partial charge in [-0.25, -0.2) is 4.57 Å². The first-order chi connectivity index (χ1) is 24.5. The van der Waals surface area contributed by atoms with E-state index in [0.717, 1.165) is 32.4 Å². The Labute approximate surface area is 272 Å². The SMILES string of the molecule is [2H]C1([2H])Oc2cc3c(cc2O1)[C@@]([2H])(c1cc(OC)c(OP(=O)(O)O)c(OC)c1)[C@H]1C(=O)OC([2H])([2H])[C@@H]1[C@@H]3O[C@@H]1O[C@H]2[C@@H](O[C@H](C)OC2([2H])[2H])[C@H](O)[C@H]1O. The topological polar surface area (TPSA) is 207 Å². The maximum Gasteiger partial charge on any atom is 0.525 e. The van der Waals surface area contributed by atoms with Gasteiger partial charge in [0.1, 0.15) is 27.2 Å². The summed E-state index contributed by atoms with van der Waals surface area (Å²) in [4.78, 5) is 32.9. The van der Waals surface area contributed by atoms with E-state index in [1.165, 1.54) is 13.0 Å². The fraction of sp³-hybridized carbons (Fsp3) is 0.552. The molecular weight excluding hydrogens is 635 g/mol. The predicted octanol–water partition coefficient (Wildman–Crippen LogP) is 1.10. The van der Waals surface area contributed by atoms with Gasteiger partial charge in [0, 0.05) is 13.2 Å². The molecule has 0 bridgehead atoms. The third-order valence-corrected chi connectivity index (χ3v) is 8.49. The first kappa shape index (κ1) is 24.0. The van der Waals surface area contributed by atoms with Crippen molar-refractivity contribution in [2.45, 2.75) is 55.9 Å². The lowest BCUT2D eigenvalue weighted by atomic mass is 9.66. The van der Waals surface area contributed by atoms with Crippen molar-refractivity contribution in [3.05, 3.63) is 41.0 Å². The van der Waals surface area contributed by atoms with Crippen molar-refractivity contribution in [3.63, 3.8) is 0 Å². The van der Waals surface area contributed by atoms with E-state index >= 15 is 0 Å². The van der Waals surface area contributed by atoms with Crippen LogP contribution < -0.4 is 23.5 Å². The summed E-state index contributed by atoms with van der Waals surface area (Å²) in [5, 5.41) is 22.3. The third kappa shape index (κ3) is 5.37. The Bertz CT molecular complexity index is 1850. The normalized spacial score (nSPS) is 41.8. The number of phosphoric acid groups is 1. The number of benzene rings is 2. The van der Waals surface area contributed by atoms with Crippen LogP contribution in [0.4, 0.5) is 0 Å². The number of fused-ring (bicyclic) bond motifs is 4. The standard InChI is InChI=1S/C29H33O16P/c1-11-38-9-20-27(42-11)23(30)24(31)29(43-20)44-25-14-7-17-16(40-10-41-17)6-13(14)21(22-15(25)8-39-28(22)32)12-4-18(36-2)26(19(5-12)37-3)45-46(33,34)35/h4-7,11,15,20-25,27,29-31H,8-10H2,1-3H3,(H2,33,34,35)/t11-,15+,20-,21-,22+,23-,24-,25-,27-,29+/m1/s1/i8D2,9D2,10D2,21D. The van der Waals surface area contributed by atoms with E-state index in [0.29, 0.717) is 0 Å². The molecule has 4 heterocycles. The molecule has 250 valence electrons. The third-order valence-electron chi connectivity index (χ3n) is 8.07. The van der Waals surface area contributed by atoms with Gasteiger partial charge in [-0.1, -0.05) is 0 Å². The van der Waals surface area contributed by atoms with E-state index in [4.69, 9.17) is 55.4 Å². The molecule has 0 saturated carbocycles. The van der Waals surface area contributed by atoms with E-state index < -0.39 is 100 Å². The van der Waals surface area contributed by atoms with Crippen LogP contribution in [-0.4, -0.2) is 97.0 Å². The average molecular weight is 676 g/mol. The van der Waals surface area contributed by atoms with E-state index in [2.05, 4.69) is 0 Å². The quantitative estimate of drug-likeness (QED) is 0.239. The molecule has 17 heteroatoms. The number of ether oxygens (including phenoxy) is 9. The van der Waals surface area contributed by atoms with Gasteiger partial charge < -0.3 is 57.4 Å². The molecule has 3 saturated heterocycles. The lowest BCUT2D eigenvalue weighted by Crippen LogP contribution is -2.63. The zero-order chi connectivity index (χ0) is 38.8. The molecule has 2 aromatic rings. The maximum atomic E-state index is 13.8. The highest BCUT2D eigenvalue weighted by Crippen LogP contribution is 2.57. The maximum absolute atomic E-state index is 13.8. The first-order valence-corrected chi connectivity index (χ1v) is 15.4. The number of carbonyl (C=O) groups excluding carboxylic acids is 1. The minimum absolute atomic E-state index is 0.142. The van der Waals surface area contributed by atoms with Gasteiger partial charge in [0.2, 0.25) is 12.5 Å². The largest absolute Gasteiger partial charge is 0.525 e. The van der Waals surface area contributed by atoms with Crippen molar-refractivity contribution in [1.82, 2.24) is 0 Å². The minimum Gasteiger partial charge on any atom is -0.493 e. The Balaban J connectivity index is 1.42. The van der Waals surface area contributed by atoms with Crippen molar-refractivity contribution in [3.8, 4) is 28.7 Å². The summed E-state index contributed by atoms with van der Waals surface area (Å²) in [5.74, 6) is -9.17. The predicted molar refractivity (Wildman–Crippen MR) is 149 cm³/mol. The second-order valence-electron chi connectivity index (χ2n) is 10.8. The summed E-state index contributed by atoms with van der Waals surface area (Å²) in [5.41, 5.74) is -0.526. The van der Waals surface area contributed by atoms with Crippen LogP contribution in [0, 0.1) is 11.8 Å². The highest BCUT2D eigenvalue weighted by molar-refractivity contribution is 7.46. The number of aliphatic hydroxyl groups excluding tert-OH is 2. The summed E-state index contributed by atoms with van der Waals surface area (Å²) in [6.07, 6.45) is -11.7. The van der Waals surface area contributed by atoms with Crippen LogP contribution in [0.1, 0.15) is 45.2 Å². The first-order valence-electron chi connectivity index (χ1n) is 17.3. The van der Waals surface area contributed by atoms with Crippen LogP contribution in [0.3, 0.4) is 0 Å². The molecule has 7 rings (SSSR count). The highest BCUT2D eigenvalue weighted by atomic mass is 31.2. The number of phosphoric ester groups is 1. The van der Waals surface area contributed by atoms with Gasteiger partial charge >= 0.3 is 13.8 Å². The monoisotopic (exact) mass is 675 g/mol. The molecule has 4 aliphatic heterocycles. The number of aliphatic hydroxyl groups is 2. The Kier molecular flexibility index (Phi) is 6.17. The Hall–Kier alpha value is -3.18. The second kappa shape index (κ2) is 11.8. The van der Waals surface area contributed by atoms with E-state index in [1.54, 1.807) is 0 Å². The molecule has 4 N–H and O–H groups in total. The van der Waals surface area contributed by atoms with Crippen molar-refractivity contribution in [2.75, 3.05) is 34.1 Å². The van der Waals surface area contributed by atoms with Crippen molar-refractivity contribution in [1.29, 1.82) is 0 Å². The highest BCUT2D eigenvalue weighted by Gasteiger charge is 2.56. The summed E-state index contributed by atoms with van der Waals surface area (Å²) >= 11 is 0. The lowest BCUT2D eigenvalue weighted by molar-refractivity contribution is -0.364. The molecule has 3 fully saturated rings. The van der Waals surface area contributed by atoms with Crippen molar-refractivity contribution < 1.29 is 86.1 Å². The molecule has 0 radical (unpaired) electrons. The number of rotatable bonds is 7. The van der Waals surface area contributed by atoms with Crippen LogP contribution in [0.2, 0.25) is 0 Å². The van der Waals surface area contributed by atoms with Crippen LogP contribution in [0.5, 0.6) is 28.7 Å². The molecule has 2 aromatic carbocycles. The number of carbonyl (C=O) groups is 1. The fourth-order valence-corrected chi connectivity index (χ4v) is 6.52. The number of hydrogen-bond donors (Lipinski definition) is 4. The van der Waals surface area contributed by atoms with Crippen LogP contribution in [0.15, 0.2) is 24.3 Å². The van der Waals surface area contributed by atoms with Crippen molar-refractivity contribution >= 4 is 13.8 Å². The molecule has 0 amide bonds. The molecule has 5 aliphatic rings. The van der Waals surface area contributed by atoms with E-state index in [9.17, 15) is 30.7 Å². The van der Waals surface area contributed by atoms with Gasteiger partial charge in [-0.15, -0.1) is 0 Å². The minimum atomic E-state index is -5.21. The molecule has 1 aliphatic carbocycles.